The number of hydrogen-bond donors (Lipinski definition) is 1. The molecule has 1 N–H and O–H groups in total. The molecule has 0 unspecified atom stereocenters. The van der Waals surface area contributed by atoms with E-state index in [0.29, 0.717) is 18.7 Å². The molecule has 0 atom stereocenters. The molecule has 2 aromatic carbocycles. The highest BCUT2D eigenvalue weighted by Crippen LogP contribution is 2.12. The van der Waals surface area contributed by atoms with Crippen LogP contribution in [-0.4, -0.2) is 34.8 Å². The summed E-state index contributed by atoms with van der Waals surface area (Å²) in [4.78, 5) is 18.2. The molecule has 0 aliphatic carbocycles. The van der Waals surface area contributed by atoms with Crippen molar-refractivity contribution in [1.82, 2.24) is 20.1 Å². The lowest BCUT2D eigenvalue weighted by atomic mass is 10.1. The molecule has 1 amide bonds. The molecule has 0 spiro atoms. The van der Waals surface area contributed by atoms with Crippen molar-refractivity contribution in [3.63, 3.8) is 0 Å². The van der Waals surface area contributed by atoms with Crippen LogP contribution >= 0.6 is 0 Å². The van der Waals surface area contributed by atoms with Gasteiger partial charge in [0.2, 0.25) is 0 Å². The van der Waals surface area contributed by atoms with Crippen LogP contribution in [0.3, 0.4) is 0 Å². The van der Waals surface area contributed by atoms with Gasteiger partial charge in [0.05, 0.1) is 6.54 Å². The van der Waals surface area contributed by atoms with E-state index in [1.54, 1.807) is 11.0 Å². The van der Waals surface area contributed by atoms with Gasteiger partial charge in [0.1, 0.15) is 12.7 Å². The third-order valence-corrected chi connectivity index (χ3v) is 3.93. The van der Waals surface area contributed by atoms with Gasteiger partial charge in [0.25, 0.3) is 5.91 Å². The molecule has 0 aliphatic heterocycles. The second kappa shape index (κ2) is 7.61. The molecule has 0 fully saturated rings. The molecule has 3 aromatic rings. The van der Waals surface area contributed by atoms with Gasteiger partial charge in [-0.15, -0.1) is 0 Å². The van der Waals surface area contributed by atoms with E-state index < -0.39 is 0 Å². The van der Waals surface area contributed by atoms with Crippen LogP contribution in [0.4, 0.5) is 5.69 Å². The lowest BCUT2D eigenvalue weighted by molar-refractivity contribution is 0.0951. The summed E-state index contributed by atoms with van der Waals surface area (Å²) >= 11 is 0. The highest BCUT2D eigenvalue weighted by Gasteiger charge is 2.06. The van der Waals surface area contributed by atoms with Gasteiger partial charge in [-0.05, 0) is 35.4 Å². The normalized spacial score (nSPS) is 10.5. The maximum Gasteiger partial charge on any atom is 0.251 e. The minimum absolute atomic E-state index is 0.0796. The molecule has 0 radical (unpaired) electrons. The lowest BCUT2D eigenvalue weighted by Gasteiger charge is -2.13. The Morgan fingerprint density at radius 1 is 1.04 bits per heavy atom. The third-order valence-electron chi connectivity index (χ3n) is 3.93. The molecule has 0 bridgehead atoms. The van der Waals surface area contributed by atoms with E-state index in [0.717, 1.165) is 16.8 Å². The third kappa shape index (κ3) is 4.44. The first-order valence-electron chi connectivity index (χ1n) is 8.07. The molecule has 1 aromatic heterocycles. The van der Waals surface area contributed by atoms with Gasteiger partial charge in [-0.1, -0.05) is 24.3 Å². The highest BCUT2D eigenvalue weighted by molar-refractivity contribution is 5.94. The lowest BCUT2D eigenvalue weighted by Crippen LogP contribution is -2.22. The highest BCUT2D eigenvalue weighted by atomic mass is 16.1. The molecule has 6 nitrogen and oxygen atoms in total. The number of hydrogen-bond acceptors (Lipinski definition) is 4. The van der Waals surface area contributed by atoms with Crippen LogP contribution in [0.1, 0.15) is 21.5 Å². The SMILES string of the molecule is CN(C)c1ccc(CNC(=O)c2ccc(Cn3cncn3)cc2)cc1. The molecule has 128 valence electrons. The first-order valence-corrected chi connectivity index (χ1v) is 8.07. The minimum Gasteiger partial charge on any atom is -0.378 e. The average molecular weight is 335 g/mol. The fourth-order valence-electron chi connectivity index (χ4n) is 2.46. The van der Waals surface area contributed by atoms with Crippen LogP contribution in [0.2, 0.25) is 0 Å². The fraction of sp³-hybridized carbons (Fsp3) is 0.211. The van der Waals surface area contributed by atoms with E-state index in [1.807, 2.05) is 67.5 Å². The van der Waals surface area contributed by atoms with Crippen LogP contribution in [0, 0.1) is 0 Å². The summed E-state index contributed by atoms with van der Waals surface area (Å²) in [6.45, 7) is 1.15. The zero-order valence-corrected chi connectivity index (χ0v) is 14.4. The molecule has 25 heavy (non-hydrogen) atoms. The topological polar surface area (TPSA) is 63.1 Å². The summed E-state index contributed by atoms with van der Waals surface area (Å²) in [5.74, 6) is -0.0796. The molecule has 0 saturated heterocycles. The number of aromatic nitrogens is 3. The minimum atomic E-state index is -0.0796. The van der Waals surface area contributed by atoms with Crippen LogP contribution in [0.5, 0.6) is 0 Å². The van der Waals surface area contributed by atoms with Crippen molar-refractivity contribution in [2.24, 2.45) is 0 Å². The summed E-state index contributed by atoms with van der Waals surface area (Å²) in [6.07, 6.45) is 3.18. The Morgan fingerprint density at radius 3 is 2.32 bits per heavy atom. The van der Waals surface area contributed by atoms with Crippen LogP contribution in [-0.2, 0) is 13.1 Å². The molecular weight excluding hydrogens is 314 g/mol. The van der Waals surface area contributed by atoms with Gasteiger partial charge in [0, 0.05) is 31.9 Å². The van der Waals surface area contributed by atoms with E-state index in [-0.39, 0.29) is 5.91 Å². The number of carbonyl (C=O) groups is 1. The summed E-state index contributed by atoms with van der Waals surface area (Å²) in [6, 6.07) is 15.7. The van der Waals surface area contributed by atoms with Crippen molar-refractivity contribution in [2.75, 3.05) is 19.0 Å². The van der Waals surface area contributed by atoms with E-state index in [4.69, 9.17) is 0 Å². The number of amides is 1. The Bertz CT molecular complexity index is 808. The number of anilines is 1. The van der Waals surface area contributed by atoms with Crippen LogP contribution < -0.4 is 10.2 Å². The van der Waals surface area contributed by atoms with Gasteiger partial charge in [-0.2, -0.15) is 5.10 Å². The summed E-state index contributed by atoms with van der Waals surface area (Å²) in [5.41, 5.74) is 3.92. The summed E-state index contributed by atoms with van der Waals surface area (Å²) in [7, 11) is 4.01. The monoisotopic (exact) mass is 335 g/mol. The average Bonchev–Trinajstić information content (AvgIpc) is 3.13. The second-order valence-electron chi connectivity index (χ2n) is 6.03. The van der Waals surface area contributed by atoms with Crippen molar-refractivity contribution in [3.05, 3.63) is 77.9 Å². The van der Waals surface area contributed by atoms with Crippen LogP contribution in [0.25, 0.3) is 0 Å². The number of benzene rings is 2. The van der Waals surface area contributed by atoms with Gasteiger partial charge in [-0.3, -0.25) is 4.79 Å². The maximum atomic E-state index is 12.3. The van der Waals surface area contributed by atoms with Gasteiger partial charge in [0.15, 0.2) is 0 Å². The van der Waals surface area contributed by atoms with E-state index in [1.165, 1.54) is 6.33 Å². The van der Waals surface area contributed by atoms with Crippen molar-refractivity contribution in [2.45, 2.75) is 13.1 Å². The van der Waals surface area contributed by atoms with Crippen molar-refractivity contribution < 1.29 is 4.79 Å². The van der Waals surface area contributed by atoms with Crippen LogP contribution in [0.15, 0.2) is 61.2 Å². The predicted octanol–water partition coefficient (Wildman–Crippen LogP) is 2.32. The number of rotatable bonds is 6. The van der Waals surface area contributed by atoms with E-state index in [2.05, 4.69) is 15.4 Å². The number of nitrogens with zero attached hydrogens (tertiary/aromatic N) is 4. The Labute approximate surface area is 147 Å². The quantitative estimate of drug-likeness (QED) is 0.751. The largest absolute Gasteiger partial charge is 0.378 e. The maximum absolute atomic E-state index is 12.3. The Hall–Kier alpha value is -3.15. The Balaban J connectivity index is 1.55. The van der Waals surface area contributed by atoms with Gasteiger partial charge >= 0.3 is 0 Å². The predicted molar refractivity (Wildman–Crippen MR) is 97.5 cm³/mol. The molecule has 3 rings (SSSR count). The summed E-state index contributed by atoms with van der Waals surface area (Å²) < 4.78 is 1.74. The first kappa shape index (κ1) is 16.7. The zero-order valence-electron chi connectivity index (χ0n) is 14.4. The summed E-state index contributed by atoms with van der Waals surface area (Å²) in [5, 5.41) is 7.02. The molecular formula is C19H21N5O. The van der Waals surface area contributed by atoms with Crippen molar-refractivity contribution in [1.29, 1.82) is 0 Å². The number of carbonyl (C=O) groups excluding carboxylic acids is 1. The molecule has 0 aliphatic rings. The Kier molecular flexibility index (Phi) is 5.09. The first-order chi connectivity index (χ1) is 12.1. The number of nitrogens with one attached hydrogen (secondary N) is 1. The molecule has 6 heteroatoms. The molecule has 1 heterocycles. The van der Waals surface area contributed by atoms with Gasteiger partial charge < -0.3 is 10.2 Å². The van der Waals surface area contributed by atoms with Gasteiger partial charge in [-0.25, -0.2) is 9.67 Å². The Morgan fingerprint density at radius 2 is 1.72 bits per heavy atom. The fourth-order valence-corrected chi connectivity index (χ4v) is 2.46. The van der Waals surface area contributed by atoms with E-state index in [9.17, 15) is 4.79 Å². The smallest absolute Gasteiger partial charge is 0.251 e. The zero-order chi connectivity index (χ0) is 17.6. The second-order valence-corrected chi connectivity index (χ2v) is 6.03. The van der Waals surface area contributed by atoms with E-state index >= 15 is 0 Å². The van der Waals surface area contributed by atoms with Crippen molar-refractivity contribution >= 4 is 11.6 Å². The standard InChI is InChI=1S/C19H21N5O/c1-23(2)18-9-5-15(6-10-18)11-21-19(25)17-7-3-16(4-8-17)12-24-14-20-13-22-24/h3-10,13-14H,11-12H2,1-2H3,(H,21,25). The van der Waals surface area contributed by atoms with Crippen molar-refractivity contribution in [3.8, 4) is 0 Å². The molecule has 0 saturated carbocycles.